The van der Waals surface area contributed by atoms with Crippen molar-refractivity contribution < 1.29 is 4.79 Å². The fourth-order valence-corrected chi connectivity index (χ4v) is 4.98. The Morgan fingerprint density at radius 3 is 2.59 bits per heavy atom. The lowest BCUT2D eigenvalue weighted by molar-refractivity contribution is -0.123. The Labute approximate surface area is 180 Å². The van der Waals surface area contributed by atoms with Crippen LogP contribution >= 0.6 is 24.0 Å². The number of thiocarbonyl (C=S) groups is 1. The van der Waals surface area contributed by atoms with E-state index in [2.05, 4.69) is 16.0 Å². The van der Waals surface area contributed by atoms with Gasteiger partial charge in [-0.15, -0.1) is 0 Å². The van der Waals surface area contributed by atoms with Crippen molar-refractivity contribution in [3.05, 3.63) is 24.3 Å². The van der Waals surface area contributed by atoms with Gasteiger partial charge in [0.15, 0.2) is 0 Å². The van der Waals surface area contributed by atoms with E-state index in [4.69, 9.17) is 22.2 Å². The van der Waals surface area contributed by atoms with Gasteiger partial charge in [-0.3, -0.25) is 4.79 Å². The molecule has 2 aliphatic rings. The third-order valence-electron chi connectivity index (χ3n) is 5.40. The van der Waals surface area contributed by atoms with Gasteiger partial charge in [0.2, 0.25) is 11.9 Å². The monoisotopic (exact) mass is 430 g/mol. The minimum Gasteiger partial charge on any atom is -0.362 e. The molecule has 0 radical (unpaired) electrons. The summed E-state index contributed by atoms with van der Waals surface area (Å²) >= 11 is 6.63. The largest absolute Gasteiger partial charge is 0.362 e. The second kappa shape index (κ2) is 8.71. The molecule has 1 atom stereocenters. The van der Waals surface area contributed by atoms with Crippen molar-refractivity contribution in [2.75, 3.05) is 30.1 Å². The number of hydrogen-bond donors (Lipinski definition) is 3. The van der Waals surface area contributed by atoms with Crippen LogP contribution in [-0.4, -0.2) is 58.2 Å². The summed E-state index contributed by atoms with van der Waals surface area (Å²) < 4.78 is 0.713. The summed E-state index contributed by atoms with van der Waals surface area (Å²) in [6.45, 7) is 0. The molecule has 2 fully saturated rings. The van der Waals surface area contributed by atoms with Gasteiger partial charge >= 0.3 is 0 Å². The molecule has 1 saturated heterocycles. The van der Waals surface area contributed by atoms with Crippen LogP contribution < -0.4 is 20.9 Å². The molecule has 154 valence electrons. The van der Waals surface area contributed by atoms with E-state index in [1.807, 2.05) is 43.3 Å². The highest BCUT2D eigenvalue weighted by Crippen LogP contribution is 2.26. The van der Waals surface area contributed by atoms with Gasteiger partial charge in [-0.1, -0.05) is 36.1 Å². The van der Waals surface area contributed by atoms with Crippen LogP contribution in [0.2, 0.25) is 0 Å². The molecule has 1 aromatic heterocycles. The van der Waals surface area contributed by atoms with E-state index in [9.17, 15) is 4.79 Å². The quantitative estimate of drug-likeness (QED) is 0.625. The number of anilines is 2. The van der Waals surface area contributed by atoms with Crippen molar-refractivity contribution >= 4 is 56.9 Å². The van der Waals surface area contributed by atoms with E-state index >= 15 is 0 Å². The molecule has 29 heavy (non-hydrogen) atoms. The first-order chi connectivity index (χ1) is 14.0. The molecule has 1 aromatic carbocycles. The molecule has 1 unspecified atom stereocenters. The molecule has 2 aromatic rings. The maximum atomic E-state index is 12.4. The number of rotatable bonds is 5. The number of aromatic nitrogens is 2. The third kappa shape index (κ3) is 4.72. The number of carbonyl (C=O) groups excluding carboxylic acids is 1. The van der Waals surface area contributed by atoms with Crippen molar-refractivity contribution in [2.45, 2.75) is 43.8 Å². The first kappa shape index (κ1) is 20.2. The van der Waals surface area contributed by atoms with Gasteiger partial charge in [0.05, 0.1) is 5.52 Å². The first-order valence-electron chi connectivity index (χ1n) is 9.94. The van der Waals surface area contributed by atoms with Crippen molar-refractivity contribution in [1.29, 1.82) is 0 Å². The molecule has 1 aliphatic heterocycles. The van der Waals surface area contributed by atoms with Crippen molar-refractivity contribution in [2.24, 2.45) is 0 Å². The Balaban J connectivity index is 1.35. The van der Waals surface area contributed by atoms with Crippen LogP contribution in [0.1, 0.15) is 25.7 Å². The number of hydrogen-bond acceptors (Lipinski definition) is 7. The number of amides is 1. The summed E-state index contributed by atoms with van der Waals surface area (Å²) in [4.78, 5) is 23.8. The van der Waals surface area contributed by atoms with E-state index < -0.39 is 0 Å². The summed E-state index contributed by atoms with van der Waals surface area (Å²) in [5, 5.41) is 10.8. The maximum absolute atomic E-state index is 12.4. The van der Waals surface area contributed by atoms with Crippen molar-refractivity contribution in [3.63, 3.8) is 0 Å². The molecule has 4 rings (SSSR count). The highest BCUT2D eigenvalue weighted by atomic mass is 32.2. The van der Waals surface area contributed by atoms with Crippen molar-refractivity contribution in [3.8, 4) is 0 Å². The summed E-state index contributed by atoms with van der Waals surface area (Å²) in [6.07, 6.45) is 3.84. The van der Waals surface area contributed by atoms with Gasteiger partial charge in [0, 0.05) is 37.3 Å². The Morgan fingerprint density at radius 1 is 1.17 bits per heavy atom. The van der Waals surface area contributed by atoms with Crippen LogP contribution in [0.3, 0.4) is 0 Å². The Morgan fingerprint density at radius 2 is 1.90 bits per heavy atom. The zero-order valence-electron chi connectivity index (χ0n) is 16.6. The lowest BCUT2D eigenvalue weighted by Gasteiger charge is -2.30. The summed E-state index contributed by atoms with van der Waals surface area (Å²) in [5.41, 5.74) is 0.939. The summed E-state index contributed by atoms with van der Waals surface area (Å²) in [5.74, 6) is 2.36. The number of benzene rings is 1. The molecule has 0 bridgehead atoms. The van der Waals surface area contributed by atoms with Gasteiger partial charge in [-0.2, -0.15) is 4.98 Å². The molecule has 1 aliphatic carbocycles. The number of nitrogens with one attached hydrogen (secondary N) is 3. The van der Waals surface area contributed by atoms with Gasteiger partial charge in [-0.25, -0.2) is 4.98 Å². The molecule has 0 spiro atoms. The maximum Gasteiger partial charge on any atom is 0.243 e. The standard InChI is InChI=1S/C20H26N6OS2/c1-26(2)17-14-5-3-4-6-15(14)23-19(25-17)22-13-9-7-12(8-10-13)21-18(27)16-11-29-20(28)24-16/h3-6,12-13,16H,7-11H2,1-2H3,(H,21,27)(H,24,28)(H,22,23,25). The van der Waals surface area contributed by atoms with Crippen LogP contribution in [-0.2, 0) is 4.79 Å². The van der Waals surface area contributed by atoms with E-state index in [-0.39, 0.29) is 18.0 Å². The van der Waals surface area contributed by atoms with Crippen LogP contribution in [0, 0.1) is 0 Å². The van der Waals surface area contributed by atoms with E-state index in [1.165, 1.54) is 11.8 Å². The minimum atomic E-state index is -0.196. The first-order valence-corrected chi connectivity index (χ1v) is 11.3. The fraction of sp³-hybridized carbons (Fsp3) is 0.500. The Bertz CT molecular complexity index is 913. The van der Waals surface area contributed by atoms with E-state index in [0.29, 0.717) is 16.3 Å². The molecular formula is C20H26N6OS2. The number of nitrogens with zero attached hydrogens (tertiary/aromatic N) is 3. The second-order valence-corrected chi connectivity index (χ2v) is 9.48. The van der Waals surface area contributed by atoms with E-state index in [0.717, 1.165) is 48.2 Å². The molecular weight excluding hydrogens is 404 g/mol. The van der Waals surface area contributed by atoms with Crippen LogP contribution in [0.5, 0.6) is 0 Å². The Kier molecular flexibility index (Phi) is 6.05. The highest BCUT2D eigenvalue weighted by molar-refractivity contribution is 8.23. The van der Waals surface area contributed by atoms with Crippen LogP contribution in [0.15, 0.2) is 24.3 Å². The average Bonchev–Trinajstić information content (AvgIpc) is 3.15. The van der Waals surface area contributed by atoms with Gasteiger partial charge in [0.1, 0.15) is 16.2 Å². The van der Waals surface area contributed by atoms with Gasteiger partial charge < -0.3 is 20.9 Å². The third-order valence-corrected chi connectivity index (χ3v) is 6.75. The topological polar surface area (TPSA) is 82.2 Å². The summed E-state index contributed by atoms with van der Waals surface area (Å²) in [7, 11) is 3.99. The second-order valence-electron chi connectivity index (χ2n) is 7.78. The van der Waals surface area contributed by atoms with Gasteiger partial charge in [0.25, 0.3) is 0 Å². The number of para-hydroxylation sites is 1. The zero-order valence-corrected chi connectivity index (χ0v) is 18.3. The fourth-order valence-electron chi connectivity index (χ4n) is 3.86. The molecule has 9 heteroatoms. The van der Waals surface area contributed by atoms with Crippen molar-refractivity contribution in [1.82, 2.24) is 20.6 Å². The van der Waals surface area contributed by atoms with Gasteiger partial charge in [-0.05, 0) is 37.8 Å². The van der Waals surface area contributed by atoms with E-state index in [1.54, 1.807) is 0 Å². The normalized spacial score (nSPS) is 24.2. The number of carbonyl (C=O) groups is 1. The molecule has 1 saturated carbocycles. The Hall–Kier alpha value is -2.13. The predicted molar refractivity (Wildman–Crippen MR) is 124 cm³/mol. The number of thioether (sulfide) groups is 1. The highest BCUT2D eigenvalue weighted by Gasteiger charge is 2.29. The number of fused-ring (bicyclic) bond motifs is 1. The average molecular weight is 431 g/mol. The molecule has 1 amide bonds. The van der Waals surface area contributed by atoms with Crippen LogP contribution in [0.25, 0.3) is 10.9 Å². The smallest absolute Gasteiger partial charge is 0.243 e. The SMILES string of the molecule is CN(C)c1nc(NC2CCC(NC(=O)C3CSC(=S)N3)CC2)nc2ccccc12. The molecule has 3 N–H and O–H groups in total. The van der Waals surface area contributed by atoms with Crippen LogP contribution in [0.4, 0.5) is 11.8 Å². The predicted octanol–water partition coefficient (Wildman–Crippen LogP) is 2.53. The zero-order chi connectivity index (χ0) is 20.4. The lowest BCUT2D eigenvalue weighted by Crippen LogP contribution is -2.48. The molecule has 7 nitrogen and oxygen atoms in total. The summed E-state index contributed by atoms with van der Waals surface area (Å²) in [6, 6.07) is 8.41. The lowest BCUT2D eigenvalue weighted by atomic mass is 9.91. The molecule has 2 heterocycles. The minimum absolute atomic E-state index is 0.0576.